The van der Waals surface area contributed by atoms with Crippen LogP contribution in [0.4, 0.5) is 11.4 Å². The van der Waals surface area contributed by atoms with E-state index in [0.29, 0.717) is 10.1 Å². The first-order valence-electron chi connectivity index (χ1n) is 9.63. The van der Waals surface area contributed by atoms with Gasteiger partial charge in [-0.05, 0) is 73.6 Å². The van der Waals surface area contributed by atoms with Gasteiger partial charge in [0.1, 0.15) is 5.75 Å². The van der Waals surface area contributed by atoms with Crippen molar-refractivity contribution >= 4 is 40.3 Å². The molecule has 30 heavy (non-hydrogen) atoms. The van der Waals surface area contributed by atoms with Crippen molar-refractivity contribution in [3.8, 4) is 5.75 Å². The predicted molar refractivity (Wildman–Crippen MR) is 126 cm³/mol. The number of hydrogen-bond donors (Lipinski definition) is 0. The van der Waals surface area contributed by atoms with E-state index in [4.69, 9.17) is 9.73 Å². The number of amidine groups is 1. The highest BCUT2D eigenvalue weighted by Crippen LogP contribution is 2.37. The van der Waals surface area contributed by atoms with E-state index in [-0.39, 0.29) is 5.91 Å². The minimum absolute atomic E-state index is 0.0856. The molecule has 1 aliphatic rings. The number of carbonyl (C=O) groups is 1. The maximum Gasteiger partial charge on any atom is 0.271 e. The molecule has 0 atom stereocenters. The number of amides is 1. The van der Waals surface area contributed by atoms with Crippen LogP contribution in [0.15, 0.2) is 82.7 Å². The highest BCUT2D eigenvalue weighted by atomic mass is 32.2. The molecule has 150 valence electrons. The van der Waals surface area contributed by atoms with E-state index < -0.39 is 0 Å². The van der Waals surface area contributed by atoms with E-state index >= 15 is 0 Å². The highest BCUT2D eigenvalue weighted by Gasteiger charge is 2.34. The molecule has 1 aliphatic heterocycles. The van der Waals surface area contributed by atoms with Gasteiger partial charge >= 0.3 is 0 Å². The van der Waals surface area contributed by atoms with Crippen molar-refractivity contribution in [2.75, 3.05) is 12.0 Å². The summed E-state index contributed by atoms with van der Waals surface area (Å²) in [5, 5.41) is 0.641. The van der Waals surface area contributed by atoms with Crippen LogP contribution in [0.3, 0.4) is 0 Å². The minimum atomic E-state index is -0.0856. The summed E-state index contributed by atoms with van der Waals surface area (Å²) in [5.74, 6) is 0.668. The molecule has 0 aromatic heterocycles. The Hall–Kier alpha value is -3.31. The van der Waals surface area contributed by atoms with Gasteiger partial charge in [-0.15, -0.1) is 0 Å². The van der Waals surface area contributed by atoms with E-state index in [0.717, 1.165) is 28.3 Å². The van der Waals surface area contributed by atoms with E-state index in [1.54, 1.807) is 12.0 Å². The van der Waals surface area contributed by atoms with Crippen LogP contribution in [-0.4, -0.2) is 18.2 Å². The van der Waals surface area contributed by atoms with Gasteiger partial charge in [-0.2, -0.15) is 0 Å². The molecule has 0 N–H and O–H groups in total. The largest absolute Gasteiger partial charge is 0.497 e. The molecule has 0 saturated carbocycles. The van der Waals surface area contributed by atoms with Gasteiger partial charge in [-0.3, -0.25) is 9.69 Å². The van der Waals surface area contributed by atoms with Gasteiger partial charge in [0.2, 0.25) is 0 Å². The Kier molecular flexibility index (Phi) is 5.72. The summed E-state index contributed by atoms with van der Waals surface area (Å²) in [5.41, 5.74) is 4.84. The number of hydrogen-bond acceptors (Lipinski definition) is 4. The lowest BCUT2D eigenvalue weighted by atomic mass is 10.2. The number of aryl methyl sites for hydroxylation is 2. The zero-order chi connectivity index (χ0) is 21.1. The van der Waals surface area contributed by atoms with Crippen molar-refractivity contribution in [2.24, 2.45) is 4.99 Å². The number of nitrogens with zero attached hydrogens (tertiary/aromatic N) is 2. The van der Waals surface area contributed by atoms with Crippen LogP contribution < -0.4 is 9.64 Å². The molecule has 4 nitrogen and oxygen atoms in total. The third-order valence-corrected chi connectivity index (χ3v) is 5.72. The topological polar surface area (TPSA) is 41.9 Å². The van der Waals surface area contributed by atoms with Crippen LogP contribution in [0.1, 0.15) is 16.7 Å². The van der Waals surface area contributed by atoms with Gasteiger partial charge in [0.05, 0.1) is 23.4 Å². The summed E-state index contributed by atoms with van der Waals surface area (Å²) < 4.78 is 5.30. The summed E-state index contributed by atoms with van der Waals surface area (Å²) in [6.07, 6.45) is 1.88. The van der Waals surface area contributed by atoms with E-state index in [9.17, 15) is 4.79 Å². The average molecular weight is 415 g/mol. The number of methoxy groups -OCH3 is 1. The molecule has 1 amide bonds. The number of aliphatic imine (C=N–C) groups is 1. The molecule has 1 heterocycles. The Balaban J connectivity index is 1.76. The number of carbonyl (C=O) groups excluding carboxylic acids is 1. The first kappa shape index (κ1) is 20.0. The van der Waals surface area contributed by atoms with Crippen molar-refractivity contribution in [1.82, 2.24) is 0 Å². The highest BCUT2D eigenvalue weighted by molar-refractivity contribution is 8.19. The number of rotatable bonds is 4. The maximum absolute atomic E-state index is 13.3. The van der Waals surface area contributed by atoms with Gasteiger partial charge in [-0.25, -0.2) is 4.99 Å². The third kappa shape index (κ3) is 4.31. The molecule has 4 rings (SSSR count). The van der Waals surface area contributed by atoms with Gasteiger partial charge in [0, 0.05) is 0 Å². The van der Waals surface area contributed by atoms with Crippen LogP contribution in [0, 0.1) is 13.8 Å². The number of thioether (sulfide) groups is 1. The Morgan fingerprint density at radius 1 is 0.933 bits per heavy atom. The lowest BCUT2D eigenvalue weighted by Gasteiger charge is -2.16. The second-order valence-corrected chi connectivity index (χ2v) is 8.10. The fraction of sp³-hybridized carbons (Fsp3) is 0.120. The van der Waals surface area contributed by atoms with Gasteiger partial charge in [0.15, 0.2) is 5.17 Å². The molecule has 0 unspecified atom stereocenters. The number of anilines is 1. The lowest BCUT2D eigenvalue weighted by Crippen LogP contribution is -2.28. The first-order valence-corrected chi connectivity index (χ1v) is 10.5. The average Bonchev–Trinajstić information content (AvgIpc) is 3.05. The molecule has 1 fully saturated rings. The molecule has 0 radical (unpaired) electrons. The summed E-state index contributed by atoms with van der Waals surface area (Å²) in [4.78, 5) is 20.4. The predicted octanol–water partition coefficient (Wildman–Crippen LogP) is 6.12. The fourth-order valence-corrected chi connectivity index (χ4v) is 4.08. The summed E-state index contributed by atoms with van der Waals surface area (Å²) in [6, 6.07) is 23.5. The molecule has 3 aromatic carbocycles. The minimum Gasteiger partial charge on any atom is -0.497 e. The molecule has 1 saturated heterocycles. The van der Waals surface area contributed by atoms with Crippen molar-refractivity contribution in [3.63, 3.8) is 0 Å². The Bertz CT molecular complexity index is 1130. The van der Waals surface area contributed by atoms with Crippen molar-refractivity contribution in [1.29, 1.82) is 0 Å². The van der Waals surface area contributed by atoms with Crippen molar-refractivity contribution in [3.05, 3.63) is 94.4 Å². The van der Waals surface area contributed by atoms with Crippen molar-refractivity contribution in [2.45, 2.75) is 13.8 Å². The number of benzene rings is 3. The fourth-order valence-electron chi connectivity index (χ4n) is 3.08. The van der Waals surface area contributed by atoms with Crippen molar-refractivity contribution < 1.29 is 9.53 Å². The second kappa shape index (κ2) is 8.59. The SMILES string of the molecule is COc1cccc(/C=C2/SC(=Nc3ccc(C)cc3)N(c3ccc(C)cc3)C2=O)c1. The lowest BCUT2D eigenvalue weighted by molar-refractivity contribution is -0.113. The standard InChI is InChI=1S/C25H22N2O2S/c1-17-7-11-20(12-8-17)26-25-27(21-13-9-18(2)10-14-21)24(28)23(30-25)16-19-5-4-6-22(15-19)29-3/h4-16H,1-3H3/b23-16+,26-25?. The molecular formula is C25H22N2O2S. The van der Waals surface area contributed by atoms with Crippen LogP contribution in [0.2, 0.25) is 0 Å². The maximum atomic E-state index is 13.3. The smallest absolute Gasteiger partial charge is 0.271 e. The van der Waals surface area contributed by atoms with Crippen LogP contribution in [-0.2, 0) is 4.79 Å². The third-order valence-electron chi connectivity index (χ3n) is 4.75. The normalized spacial score (nSPS) is 16.5. The zero-order valence-electron chi connectivity index (χ0n) is 17.1. The molecule has 0 bridgehead atoms. The summed E-state index contributed by atoms with van der Waals surface area (Å²) >= 11 is 1.38. The first-order chi connectivity index (χ1) is 14.5. The monoisotopic (exact) mass is 414 g/mol. The van der Waals surface area contributed by atoms with Gasteiger partial charge in [0.25, 0.3) is 5.91 Å². The second-order valence-electron chi connectivity index (χ2n) is 7.09. The molecular weight excluding hydrogens is 392 g/mol. The Labute approximate surface area is 180 Å². The van der Waals surface area contributed by atoms with Gasteiger partial charge in [-0.1, -0.05) is 47.5 Å². The molecule has 0 aliphatic carbocycles. The van der Waals surface area contributed by atoms with E-state index in [2.05, 4.69) is 0 Å². The Morgan fingerprint density at radius 2 is 1.60 bits per heavy atom. The molecule has 0 spiro atoms. The number of ether oxygens (including phenoxy) is 1. The molecule has 3 aromatic rings. The summed E-state index contributed by atoms with van der Waals surface area (Å²) in [6.45, 7) is 4.07. The van der Waals surface area contributed by atoms with E-state index in [1.807, 2.05) is 92.7 Å². The van der Waals surface area contributed by atoms with Crippen LogP contribution in [0.5, 0.6) is 5.75 Å². The quantitative estimate of drug-likeness (QED) is 0.483. The van der Waals surface area contributed by atoms with Gasteiger partial charge < -0.3 is 4.74 Å². The zero-order valence-corrected chi connectivity index (χ0v) is 17.9. The van der Waals surface area contributed by atoms with Crippen LogP contribution >= 0.6 is 11.8 Å². The van der Waals surface area contributed by atoms with E-state index in [1.165, 1.54) is 17.3 Å². The van der Waals surface area contributed by atoms with Crippen LogP contribution in [0.25, 0.3) is 6.08 Å². The summed E-state index contributed by atoms with van der Waals surface area (Å²) in [7, 11) is 1.63. The molecule has 5 heteroatoms. The Morgan fingerprint density at radius 3 is 2.27 bits per heavy atom.